The summed E-state index contributed by atoms with van der Waals surface area (Å²) in [5.74, 6) is -5.75. The average Bonchev–Trinajstić information content (AvgIpc) is 3.56. The number of alkyl halides is 7. The van der Waals surface area contributed by atoms with E-state index in [9.17, 15) is 43.5 Å². The SMILES string of the molecule is Cc1nc(-c2cc(-c3cccc(S(=O)(=O)C(F)F)c3)ccc2-n2cc(C(F)(F)F)nc2C)c(-c2ccc(OC(F)F)c(F)c2)o1. The summed E-state index contributed by atoms with van der Waals surface area (Å²) < 4.78 is 142. The van der Waals surface area contributed by atoms with Crippen LogP contribution in [-0.2, 0) is 16.0 Å². The molecule has 0 atom stereocenters. The molecule has 0 unspecified atom stereocenters. The van der Waals surface area contributed by atoms with Crippen molar-refractivity contribution in [3.63, 3.8) is 0 Å². The Morgan fingerprint density at radius 3 is 2.20 bits per heavy atom. The van der Waals surface area contributed by atoms with Crippen molar-refractivity contribution in [1.29, 1.82) is 0 Å². The standard InChI is InChI=1S/C29H19F8N3O4S/c1-14-38-24(29(35,36)37)13-40(14)22-8-6-17(16-4-3-5-19(10-16)45(41,42)28(33)34)11-20(22)25-26(43-15(2)39-25)18-7-9-23(21(30)12-18)44-27(31)32/h3-13,27-28H,1-2H3. The van der Waals surface area contributed by atoms with E-state index in [2.05, 4.69) is 14.7 Å². The molecule has 0 spiro atoms. The predicted octanol–water partition coefficient (Wildman–Crippen LogP) is 8.23. The molecule has 0 bridgehead atoms. The first-order valence-electron chi connectivity index (χ1n) is 12.7. The van der Waals surface area contributed by atoms with Gasteiger partial charge < -0.3 is 13.7 Å². The average molecular weight is 658 g/mol. The third-order valence-electron chi connectivity index (χ3n) is 6.56. The monoisotopic (exact) mass is 657 g/mol. The molecule has 236 valence electrons. The van der Waals surface area contributed by atoms with Crippen LogP contribution in [0.3, 0.4) is 0 Å². The molecule has 5 aromatic rings. The number of benzene rings is 3. The Balaban J connectivity index is 1.74. The highest BCUT2D eigenvalue weighted by atomic mass is 32.2. The van der Waals surface area contributed by atoms with E-state index >= 15 is 0 Å². The number of sulfone groups is 1. The van der Waals surface area contributed by atoms with Crippen LogP contribution in [0.1, 0.15) is 17.4 Å². The second-order valence-corrected chi connectivity index (χ2v) is 11.5. The van der Waals surface area contributed by atoms with Gasteiger partial charge >= 0.3 is 18.5 Å². The first-order valence-corrected chi connectivity index (χ1v) is 14.2. The van der Waals surface area contributed by atoms with Gasteiger partial charge in [-0.15, -0.1) is 0 Å². The molecule has 0 radical (unpaired) electrons. The molecule has 0 saturated heterocycles. The third-order valence-corrected chi connectivity index (χ3v) is 7.94. The van der Waals surface area contributed by atoms with E-state index in [0.29, 0.717) is 0 Å². The van der Waals surface area contributed by atoms with Gasteiger partial charge in [0.15, 0.2) is 28.9 Å². The van der Waals surface area contributed by atoms with Gasteiger partial charge in [0.1, 0.15) is 11.5 Å². The van der Waals surface area contributed by atoms with E-state index in [1.807, 2.05) is 0 Å². The molecule has 0 aliphatic rings. The van der Waals surface area contributed by atoms with Crippen LogP contribution in [0.5, 0.6) is 5.75 Å². The highest BCUT2D eigenvalue weighted by Crippen LogP contribution is 2.40. The molecule has 45 heavy (non-hydrogen) atoms. The number of aryl methyl sites for hydroxylation is 2. The van der Waals surface area contributed by atoms with Gasteiger partial charge in [0.2, 0.25) is 9.84 Å². The van der Waals surface area contributed by atoms with Crippen LogP contribution in [0.2, 0.25) is 0 Å². The number of rotatable bonds is 8. The van der Waals surface area contributed by atoms with E-state index in [1.54, 1.807) is 0 Å². The van der Waals surface area contributed by atoms with E-state index in [1.165, 1.54) is 50.2 Å². The molecule has 7 nitrogen and oxygen atoms in total. The molecule has 2 aromatic heterocycles. The van der Waals surface area contributed by atoms with E-state index in [4.69, 9.17) is 4.42 Å². The second-order valence-electron chi connectivity index (χ2n) is 9.54. The minimum absolute atomic E-state index is 0.00410. The number of hydrogen-bond acceptors (Lipinski definition) is 6. The predicted molar refractivity (Wildman–Crippen MR) is 144 cm³/mol. The maximum absolute atomic E-state index is 14.7. The van der Waals surface area contributed by atoms with Gasteiger partial charge in [-0.1, -0.05) is 18.2 Å². The van der Waals surface area contributed by atoms with Gasteiger partial charge in [-0.25, -0.2) is 22.8 Å². The zero-order valence-electron chi connectivity index (χ0n) is 22.9. The van der Waals surface area contributed by atoms with Crippen molar-refractivity contribution in [2.45, 2.75) is 37.3 Å². The van der Waals surface area contributed by atoms with Crippen molar-refractivity contribution in [2.24, 2.45) is 0 Å². The van der Waals surface area contributed by atoms with E-state index < -0.39 is 50.5 Å². The molecular formula is C29H19F8N3O4S. The molecular weight excluding hydrogens is 638 g/mol. The van der Waals surface area contributed by atoms with Crippen LogP contribution in [0.15, 0.2) is 76.2 Å². The lowest BCUT2D eigenvalue weighted by molar-refractivity contribution is -0.141. The quantitative estimate of drug-likeness (QED) is 0.156. The van der Waals surface area contributed by atoms with Gasteiger partial charge in [-0.2, -0.15) is 30.7 Å². The smallest absolute Gasteiger partial charge is 0.434 e. The first kappa shape index (κ1) is 31.7. The highest BCUT2D eigenvalue weighted by molar-refractivity contribution is 7.91. The number of nitrogens with zero attached hydrogens (tertiary/aromatic N) is 3. The van der Waals surface area contributed by atoms with Crippen LogP contribution in [0, 0.1) is 19.7 Å². The minimum Gasteiger partial charge on any atom is -0.440 e. The van der Waals surface area contributed by atoms with Gasteiger partial charge in [0.25, 0.3) is 0 Å². The Kier molecular flexibility index (Phi) is 8.20. The van der Waals surface area contributed by atoms with Crippen LogP contribution in [0.25, 0.3) is 39.4 Å². The molecule has 5 rings (SSSR count). The fourth-order valence-corrected chi connectivity index (χ4v) is 5.33. The number of aromatic nitrogens is 3. The van der Waals surface area contributed by atoms with Crippen molar-refractivity contribution >= 4 is 9.84 Å². The first-order chi connectivity index (χ1) is 21.1. The van der Waals surface area contributed by atoms with Crippen LogP contribution in [0.4, 0.5) is 35.1 Å². The molecule has 0 saturated carbocycles. The van der Waals surface area contributed by atoms with Gasteiger partial charge in [-0.05, 0) is 60.5 Å². The Labute approximate surface area is 249 Å². The summed E-state index contributed by atoms with van der Waals surface area (Å²) in [4.78, 5) is 7.28. The number of imidazole rings is 1. The topological polar surface area (TPSA) is 87.2 Å². The second kappa shape index (κ2) is 11.6. The molecule has 0 aliphatic carbocycles. The summed E-state index contributed by atoms with van der Waals surface area (Å²) >= 11 is 0. The number of hydrogen-bond donors (Lipinski definition) is 0. The maximum atomic E-state index is 14.7. The van der Waals surface area contributed by atoms with E-state index in [-0.39, 0.29) is 51.1 Å². The number of ether oxygens (including phenoxy) is 1. The molecule has 2 heterocycles. The summed E-state index contributed by atoms with van der Waals surface area (Å²) in [5.41, 5.74) is -0.647. The van der Waals surface area contributed by atoms with Crippen LogP contribution in [-0.4, -0.2) is 35.3 Å². The Bertz CT molecular complexity index is 2000. The summed E-state index contributed by atoms with van der Waals surface area (Å²) in [6.45, 7) is -0.547. The maximum Gasteiger partial charge on any atom is 0.434 e. The zero-order chi connectivity index (χ0) is 32.8. The van der Waals surface area contributed by atoms with Crippen molar-refractivity contribution < 1.29 is 52.7 Å². The molecule has 3 aromatic carbocycles. The Morgan fingerprint density at radius 2 is 1.58 bits per heavy atom. The lowest BCUT2D eigenvalue weighted by atomic mass is 9.98. The fourth-order valence-electron chi connectivity index (χ4n) is 4.56. The van der Waals surface area contributed by atoms with Crippen molar-refractivity contribution in [2.75, 3.05) is 0 Å². The van der Waals surface area contributed by atoms with Gasteiger partial charge in [-0.3, -0.25) is 0 Å². The minimum atomic E-state index is -4.96. The van der Waals surface area contributed by atoms with E-state index in [0.717, 1.165) is 35.0 Å². The number of oxazole rings is 1. The summed E-state index contributed by atoms with van der Waals surface area (Å²) in [7, 11) is -4.96. The van der Waals surface area contributed by atoms with Crippen LogP contribution < -0.4 is 4.74 Å². The summed E-state index contributed by atoms with van der Waals surface area (Å²) in [6.07, 6.45) is -4.05. The summed E-state index contributed by atoms with van der Waals surface area (Å²) in [5, 5.41) is 0. The van der Waals surface area contributed by atoms with Crippen molar-refractivity contribution in [3.05, 3.63) is 90.1 Å². The normalized spacial score (nSPS) is 12.4. The fraction of sp³-hybridized carbons (Fsp3) is 0.172. The number of halogens is 8. The Morgan fingerprint density at radius 1 is 0.889 bits per heavy atom. The van der Waals surface area contributed by atoms with Gasteiger partial charge in [0.05, 0.1) is 10.6 Å². The lowest BCUT2D eigenvalue weighted by Gasteiger charge is -2.15. The largest absolute Gasteiger partial charge is 0.440 e. The zero-order valence-corrected chi connectivity index (χ0v) is 23.7. The molecule has 0 aliphatic heterocycles. The van der Waals surface area contributed by atoms with Gasteiger partial charge in [0, 0.05) is 24.2 Å². The molecule has 16 heteroatoms. The summed E-state index contributed by atoms with van der Waals surface area (Å²) in [6, 6.07) is 11.8. The van der Waals surface area contributed by atoms with Crippen LogP contribution >= 0.6 is 0 Å². The molecule has 0 amide bonds. The molecule has 0 N–H and O–H groups in total. The highest BCUT2D eigenvalue weighted by Gasteiger charge is 2.35. The molecule has 0 fully saturated rings. The third kappa shape index (κ3) is 6.27. The van der Waals surface area contributed by atoms with Crippen molar-refractivity contribution in [1.82, 2.24) is 14.5 Å². The Hall–Kier alpha value is -4.73. The lowest BCUT2D eigenvalue weighted by Crippen LogP contribution is -2.11. The van der Waals surface area contributed by atoms with Crippen molar-refractivity contribution in [3.8, 4) is 45.1 Å².